The normalized spacial score (nSPS) is 15.7. The Hall–Kier alpha value is -2.97. The van der Waals surface area contributed by atoms with Gasteiger partial charge in [0.05, 0.1) is 23.5 Å². The van der Waals surface area contributed by atoms with Gasteiger partial charge in [-0.3, -0.25) is 4.79 Å². The van der Waals surface area contributed by atoms with Crippen LogP contribution in [-0.2, 0) is 4.79 Å². The van der Waals surface area contributed by atoms with Gasteiger partial charge >= 0.3 is 0 Å². The Morgan fingerprint density at radius 3 is 2.70 bits per heavy atom. The maximum Gasteiger partial charge on any atom is 0.260 e. The van der Waals surface area contributed by atoms with Crippen molar-refractivity contribution in [2.45, 2.75) is 20.8 Å². The SMILES string of the molecule is CC1=C/C(=N\c2c(OCCN(C)C)nn3c(C)c(C)ccc23)C(NCCO)=CC1=O. The van der Waals surface area contributed by atoms with E-state index in [0.717, 1.165) is 23.3 Å². The average molecular weight is 412 g/mol. The van der Waals surface area contributed by atoms with Gasteiger partial charge in [0, 0.05) is 24.9 Å². The number of aryl methyl sites for hydroxylation is 2. The summed E-state index contributed by atoms with van der Waals surface area (Å²) in [5.74, 6) is 0.366. The Morgan fingerprint density at radius 2 is 2.00 bits per heavy atom. The van der Waals surface area contributed by atoms with E-state index in [-0.39, 0.29) is 12.4 Å². The van der Waals surface area contributed by atoms with Gasteiger partial charge in [-0.2, -0.15) is 0 Å². The van der Waals surface area contributed by atoms with Crippen LogP contribution >= 0.6 is 0 Å². The molecular weight excluding hydrogens is 382 g/mol. The molecule has 2 N–H and O–H groups in total. The van der Waals surface area contributed by atoms with Crippen LogP contribution in [0.3, 0.4) is 0 Å². The molecule has 0 spiro atoms. The van der Waals surface area contributed by atoms with Crippen LogP contribution < -0.4 is 10.1 Å². The number of aliphatic hydroxyl groups excluding tert-OH is 1. The van der Waals surface area contributed by atoms with Crippen molar-refractivity contribution in [1.29, 1.82) is 0 Å². The Balaban J connectivity index is 2.11. The van der Waals surface area contributed by atoms with E-state index in [4.69, 9.17) is 9.73 Å². The monoisotopic (exact) mass is 411 g/mol. The summed E-state index contributed by atoms with van der Waals surface area (Å²) in [5.41, 5.74) is 5.34. The van der Waals surface area contributed by atoms with E-state index in [9.17, 15) is 9.90 Å². The number of likely N-dealkylation sites (N-methyl/N-ethyl adjacent to an activating group) is 1. The summed E-state index contributed by atoms with van der Waals surface area (Å²) in [5, 5.41) is 16.9. The average Bonchev–Trinajstić information content (AvgIpc) is 3.04. The predicted molar refractivity (Wildman–Crippen MR) is 118 cm³/mol. The standard InChI is InChI=1S/C22H29N5O3/c1-14-6-7-19-21(22(25-27(19)16(14)3)30-11-9-26(4)5)24-18-12-15(2)20(29)13-17(18)23-8-10-28/h6-7,12-13,23,28H,8-11H2,1-5H3/b24-18+. The van der Waals surface area contributed by atoms with Crippen molar-refractivity contribution in [1.82, 2.24) is 19.8 Å². The van der Waals surface area contributed by atoms with Crippen LogP contribution in [0.4, 0.5) is 5.69 Å². The molecule has 0 saturated carbocycles. The Bertz CT molecular complexity index is 1050. The lowest BCUT2D eigenvalue weighted by molar-refractivity contribution is -0.111. The number of nitrogens with zero attached hydrogens (tertiary/aromatic N) is 4. The molecule has 30 heavy (non-hydrogen) atoms. The molecule has 1 aliphatic rings. The second-order valence-electron chi connectivity index (χ2n) is 7.60. The Kier molecular flexibility index (Phi) is 6.69. The Labute approximate surface area is 176 Å². The number of aliphatic hydroxyl groups is 1. The molecule has 0 saturated heterocycles. The summed E-state index contributed by atoms with van der Waals surface area (Å²) >= 11 is 0. The smallest absolute Gasteiger partial charge is 0.260 e. The number of carbonyl (C=O) groups is 1. The van der Waals surface area contributed by atoms with Gasteiger partial charge < -0.3 is 20.1 Å². The number of ketones is 1. The summed E-state index contributed by atoms with van der Waals surface area (Å²) in [7, 11) is 3.97. The highest BCUT2D eigenvalue weighted by Gasteiger charge is 2.20. The lowest BCUT2D eigenvalue weighted by Crippen LogP contribution is -2.26. The molecule has 1 aliphatic carbocycles. The zero-order valence-corrected chi connectivity index (χ0v) is 18.2. The third kappa shape index (κ3) is 4.60. The number of aromatic nitrogens is 2. The fourth-order valence-corrected chi connectivity index (χ4v) is 3.04. The van der Waals surface area contributed by atoms with Gasteiger partial charge in [0.1, 0.15) is 6.61 Å². The number of carbonyl (C=O) groups excluding carboxylic acids is 1. The number of ether oxygens (including phenoxy) is 1. The van der Waals surface area contributed by atoms with Crippen LogP contribution in [0.5, 0.6) is 5.88 Å². The van der Waals surface area contributed by atoms with E-state index in [1.165, 1.54) is 6.08 Å². The molecule has 2 aromatic rings. The second-order valence-corrected chi connectivity index (χ2v) is 7.60. The van der Waals surface area contributed by atoms with E-state index in [0.29, 0.717) is 41.7 Å². The van der Waals surface area contributed by atoms with Crippen molar-refractivity contribution in [3.05, 3.63) is 46.8 Å². The number of nitrogens with one attached hydrogen (secondary N) is 1. The van der Waals surface area contributed by atoms with Crippen molar-refractivity contribution in [3.8, 4) is 5.88 Å². The van der Waals surface area contributed by atoms with E-state index in [1.54, 1.807) is 13.0 Å². The van der Waals surface area contributed by atoms with Crippen molar-refractivity contribution in [2.75, 3.05) is 40.4 Å². The zero-order valence-electron chi connectivity index (χ0n) is 18.2. The maximum atomic E-state index is 12.1. The number of fused-ring (bicyclic) bond motifs is 1. The first-order valence-corrected chi connectivity index (χ1v) is 9.96. The molecule has 0 unspecified atom stereocenters. The van der Waals surface area contributed by atoms with Crippen molar-refractivity contribution in [3.63, 3.8) is 0 Å². The summed E-state index contributed by atoms with van der Waals surface area (Å²) in [4.78, 5) is 19.0. The van der Waals surface area contributed by atoms with Crippen molar-refractivity contribution >= 4 is 22.7 Å². The van der Waals surface area contributed by atoms with E-state index >= 15 is 0 Å². The molecular formula is C22H29N5O3. The minimum Gasteiger partial charge on any atom is -0.474 e. The van der Waals surface area contributed by atoms with E-state index in [1.807, 2.05) is 49.5 Å². The molecule has 0 aromatic carbocycles. The lowest BCUT2D eigenvalue weighted by atomic mass is 10.0. The number of allylic oxidation sites excluding steroid dienone is 3. The van der Waals surface area contributed by atoms with Gasteiger partial charge in [-0.1, -0.05) is 6.07 Å². The topological polar surface area (TPSA) is 91.5 Å². The molecule has 0 amide bonds. The molecule has 3 rings (SSSR count). The van der Waals surface area contributed by atoms with Crippen LogP contribution in [0.15, 0.2) is 40.5 Å². The molecule has 2 heterocycles. The van der Waals surface area contributed by atoms with E-state index in [2.05, 4.69) is 10.4 Å². The van der Waals surface area contributed by atoms with Gasteiger partial charge in [0.25, 0.3) is 5.88 Å². The molecule has 0 fully saturated rings. The molecule has 2 aromatic heterocycles. The summed E-state index contributed by atoms with van der Waals surface area (Å²) in [6.07, 6.45) is 3.26. The minimum atomic E-state index is -0.0804. The molecule has 8 nitrogen and oxygen atoms in total. The highest BCUT2D eigenvalue weighted by molar-refractivity contribution is 6.22. The van der Waals surface area contributed by atoms with E-state index < -0.39 is 0 Å². The first kappa shape index (κ1) is 21.7. The largest absolute Gasteiger partial charge is 0.474 e. The predicted octanol–water partition coefficient (Wildman–Crippen LogP) is 1.96. The van der Waals surface area contributed by atoms with Crippen molar-refractivity contribution in [2.24, 2.45) is 4.99 Å². The molecule has 8 heteroatoms. The van der Waals surface area contributed by atoms with Crippen LogP contribution in [0, 0.1) is 13.8 Å². The summed E-state index contributed by atoms with van der Waals surface area (Å²) < 4.78 is 7.83. The second kappa shape index (κ2) is 9.23. The fourth-order valence-electron chi connectivity index (χ4n) is 3.04. The number of aliphatic imine (C=N–C) groups is 1. The number of pyridine rings is 1. The van der Waals surface area contributed by atoms with Gasteiger partial charge in [-0.05, 0) is 58.1 Å². The van der Waals surface area contributed by atoms with Gasteiger partial charge in [0.2, 0.25) is 0 Å². The molecule has 0 aliphatic heterocycles. The third-order valence-corrected chi connectivity index (χ3v) is 4.97. The van der Waals surface area contributed by atoms with Crippen molar-refractivity contribution < 1.29 is 14.6 Å². The highest BCUT2D eigenvalue weighted by Crippen LogP contribution is 2.34. The molecule has 0 atom stereocenters. The lowest BCUT2D eigenvalue weighted by Gasteiger charge is -2.15. The van der Waals surface area contributed by atoms with Gasteiger partial charge in [-0.15, -0.1) is 5.10 Å². The van der Waals surface area contributed by atoms with Crippen LogP contribution in [0.2, 0.25) is 0 Å². The molecule has 0 radical (unpaired) electrons. The van der Waals surface area contributed by atoms with Crippen LogP contribution in [-0.4, -0.2) is 71.5 Å². The number of hydrogen-bond acceptors (Lipinski definition) is 7. The van der Waals surface area contributed by atoms with Crippen LogP contribution in [0.25, 0.3) is 5.52 Å². The number of rotatable bonds is 8. The minimum absolute atomic E-state index is 0.0460. The van der Waals surface area contributed by atoms with Crippen LogP contribution in [0.1, 0.15) is 18.2 Å². The van der Waals surface area contributed by atoms with Gasteiger partial charge in [0.15, 0.2) is 11.5 Å². The maximum absolute atomic E-state index is 12.1. The Morgan fingerprint density at radius 1 is 1.23 bits per heavy atom. The fraction of sp³-hybridized carbons (Fsp3) is 0.409. The third-order valence-electron chi connectivity index (χ3n) is 4.97. The quantitative estimate of drug-likeness (QED) is 0.646. The molecule has 160 valence electrons. The number of hydrogen-bond donors (Lipinski definition) is 2. The first-order chi connectivity index (χ1) is 14.3. The molecule has 0 bridgehead atoms. The summed E-state index contributed by atoms with van der Waals surface area (Å²) in [6.45, 7) is 7.31. The highest BCUT2D eigenvalue weighted by atomic mass is 16.5. The summed E-state index contributed by atoms with van der Waals surface area (Å²) in [6, 6.07) is 4.01. The van der Waals surface area contributed by atoms with Gasteiger partial charge in [-0.25, -0.2) is 9.51 Å². The zero-order chi connectivity index (χ0) is 21.8. The first-order valence-electron chi connectivity index (χ1n) is 9.96.